The van der Waals surface area contributed by atoms with Crippen LogP contribution in [-0.2, 0) is 19.5 Å². The van der Waals surface area contributed by atoms with E-state index in [9.17, 15) is 0 Å². The van der Waals surface area contributed by atoms with E-state index < -0.39 is 0 Å². The second kappa shape index (κ2) is 11.5. The molecule has 8 heteroatoms. The van der Waals surface area contributed by atoms with Crippen molar-refractivity contribution in [3.05, 3.63) is 72.2 Å². The molecule has 1 unspecified atom stereocenters. The zero-order valence-electron chi connectivity index (χ0n) is 16.2. The number of halogens is 1. The second-order valence-electron chi connectivity index (χ2n) is 6.24. The summed E-state index contributed by atoms with van der Waals surface area (Å²) in [7, 11) is 0. The quantitative estimate of drug-likeness (QED) is 0.285. The Morgan fingerprint density at radius 1 is 1.21 bits per heavy atom. The van der Waals surface area contributed by atoms with E-state index >= 15 is 0 Å². The predicted molar refractivity (Wildman–Crippen MR) is 121 cm³/mol. The topological polar surface area (TPSA) is 80.3 Å². The van der Waals surface area contributed by atoms with Gasteiger partial charge in [0.15, 0.2) is 5.96 Å². The van der Waals surface area contributed by atoms with Crippen molar-refractivity contribution >= 4 is 29.9 Å². The molecule has 0 bridgehead atoms. The number of rotatable bonds is 8. The van der Waals surface area contributed by atoms with Gasteiger partial charge in [-0.25, -0.2) is 4.99 Å². The Bertz CT molecular complexity index is 832. The van der Waals surface area contributed by atoms with Gasteiger partial charge in [0.05, 0.1) is 12.3 Å². The summed E-state index contributed by atoms with van der Waals surface area (Å²) in [5.41, 5.74) is 1.21. The van der Waals surface area contributed by atoms with Crippen molar-refractivity contribution < 1.29 is 4.42 Å². The smallest absolute Gasteiger partial charge is 0.192 e. The molecule has 0 saturated heterocycles. The number of nitrogens with one attached hydrogen (secondary N) is 2. The molecule has 2 N–H and O–H groups in total. The monoisotopic (exact) mass is 494 g/mol. The number of aromatic nitrogens is 3. The maximum atomic E-state index is 5.38. The summed E-state index contributed by atoms with van der Waals surface area (Å²) in [5.74, 6) is 2.56. The summed E-state index contributed by atoms with van der Waals surface area (Å²) >= 11 is 0. The Kier molecular flexibility index (Phi) is 8.99. The van der Waals surface area contributed by atoms with Gasteiger partial charge in [-0.3, -0.25) is 0 Å². The van der Waals surface area contributed by atoms with E-state index in [0.29, 0.717) is 6.54 Å². The Labute approximate surface area is 182 Å². The first kappa shape index (κ1) is 21.9. The van der Waals surface area contributed by atoms with E-state index in [0.717, 1.165) is 37.1 Å². The number of guanidine groups is 1. The van der Waals surface area contributed by atoms with Gasteiger partial charge in [0.1, 0.15) is 24.5 Å². The Morgan fingerprint density at radius 2 is 2.04 bits per heavy atom. The van der Waals surface area contributed by atoms with E-state index in [1.807, 2.05) is 30.3 Å². The lowest BCUT2D eigenvalue weighted by atomic mass is 10.1. The third kappa shape index (κ3) is 6.36. The maximum Gasteiger partial charge on any atom is 0.192 e. The maximum absolute atomic E-state index is 5.38. The normalized spacial score (nSPS) is 12.3. The van der Waals surface area contributed by atoms with Crippen molar-refractivity contribution in [2.75, 3.05) is 6.54 Å². The molecular formula is C20H27IN6O. The molecule has 0 saturated carbocycles. The molecule has 0 spiro atoms. The second-order valence-corrected chi connectivity index (χ2v) is 6.24. The van der Waals surface area contributed by atoms with Gasteiger partial charge >= 0.3 is 0 Å². The SMILES string of the molecule is CCc1nncn1CCNC(=NCc1ccco1)NC(C)c1ccccc1.I. The van der Waals surface area contributed by atoms with Crippen LogP contribution < -0.4 is 10.6 Å². The number of benzene rings is 1. The molecule has 1 atom stereocenters. The van der Waals surface area contributed by atoms with Crippen LogP contribution in [-0.4, -0.2) is 27.3 Å². The molecular weight excluding hydrogens is 467 g/mol. The largest absolute Gasteiger partial charge is 0.467 e. The van der Waals surface area contributed by atoms with Crippen LogP contribution in [0.25, 0.3) is 0 Å². The molecule has 0 amide bonds. The molecule has 0 aliphatic rings. The number of furan rings is 1. The molecule has 2 aromatic heterocycles. The van der Waals surface area contributed by atoms with Crippen LogP contribution in [0.5, 0.6) is 0 Å². The van der Waals surface area contributed by atoms with Crippen molar-refractivity contribution in [3.8, 4) is 0 Å². The van der Waals surface area contributed by atoms with Crippen molar-refractivity contribution in [1.82, 2.24) is 25.4 Å². The Balaban J connectivity index is 0.00000280. The molecule has 2 heterocycles. The highest BCUT2D eigenvalue weighted by Gasteiger charge is 2.08. The van der Waals surface area contributed by atoms with Crippen molar-refractivity contribution in [2.24, 2.45) is 4.99 Å². The molecule has 0 fully saturated rings. The van der Waals surface area contributed by atoms with Crippen LogP contribution in [0.3, 0.4) is 0 Å². The van der Waals surface area contributed by atoms with E-state index in [1.54, 1.807) is 12.6 Å². The first-order valence-corrected chi connectivity index (χ1v) is 9.25. The zero-order chi connectivity index (χ0) is 18.9. The first-order chi connectivity index (χ1) is 13.3. The fraction of sp³-hybridized carbons (Fsp3) is 0.350. The highest BCUT2D eigenvalue weighted by Crippen LogP contribution is 2.11. The van der Waals surface area contributed by atoms with Gasteiger partial charge in [0.25, 0.3) is 0 Å². The van der Waals surface area contributed by atoms with Crippen LogP contribution in [0.4, 0.5) is 0 Å². The molecule has 0 aliphatic heterocycles. The van der Waals surface area contributed by atoms with Gasteiger partial charge in [-0.05, 0) is 24.6 Å². The van der Waals surface area contributed by atoms with Gasteiger partial charge in [-0.2, -0.15) is 0 Å². The highest BCUT2D eigenvalue weighted by atomic mass is 127. The molecule has 150 valence electrons. The number of aliphatic imine (C=N–C) groups is 1. The standard InChI is InChI=1S/C20H26N6O.HI/c1-3-19-25-23-15-26(19)12-11-21-20(22-14-18-10-7-13-27-18)24-16(2)17-8-5-4-6-9-17;/h4-10,13,15-16H,3,11-12,14H2,1-2H3,(H2,21,22,24);1H. The van der Waals surface area contributed by atoms with Crippen LogP contribution in [0, 0.1) is 0 Å². The summed E-state index contributed by atoms with van der Waals surface area (Å²) in [6, 6.07) is 14.2. The molecule has 3 rings (SSSR count). The third-order valence-corrected chi connectivity index (χ3v) is 4.28. The summed E-state index contributed by atoms with van der Waals surface area (Å²) < 4.78 is 7.44. The average molecular weight is 494 g/mol. The van der Waals surface area contributed by atoms with E-state index in [1.165, 1.54) is 5.56 Å². The highest BCUT2D eigenvalue weighted by molar-refractivity contribution is 14.0. The molecule has 1 aromatic carbocycles. The fourth-order valence-corrected chi connectivity index (χ4v) is 2.78. The van der Waals surface area contributed by atoms with Crippen LogP contribution in [0.2, 0.25) is 0 Å². The fourth-order valence-electron chi connectivity index (χ4n) is 2.78. The van der Waals surface area contributed by atoms with Gasteiger partial charge in [0, 0.05) is 19.5 Å². The van der Waals surface area contributed by atoms with E-state index in [-0.39, 0.29) is 30.0 Å². The lowest BCUT2D eigenvalue weighted by Crippen LogP contribution is -2.40. The van der Waals surface area contributed by atoms with Crippen molar-refractivity contribution in [3.63, 3.8) is 0 Å². The summed E-state index contributed by atoms with van der Waals surface area (Å²) in [6.07, 6.45) is 4.29. The molecule has 28 heavy (non-hydrogen) atoms. The minimum atomic E-state index is 0. The Hall–Kier alpha value is -2.36. The van der Waals surface area contributed by atoms with Gasteiger partial charge in [0.2, 0.25) is 0 Å². The van der Waals surface area contributed by atoms with Crippen LogP contribution in [0.15, 0.2) is 64.5 Å². The van der Waals surface area contributed by atoms with Gasteiger partial charge in [-0.15, -0.1) is 34.2 Å². The van der Waals surface area contributed by atoms with Gasteiger partial charge < -0.3 is 19.6 Å². The summed E-state index contributed by atoms with van der Waals surface area (Å²) in [5, 5.41) is 14.9. The van der Waals surface area contributed by atoms with Crippen molar-refractivity contribution in [2.45, 2.75) is 39.4 Å². The minimum absolute atomic E-state index is 0. The Morgan fingerprint density at radius 3 is 2.75 bits per heavy atom. The van der Waals surface area contributed by atoms with Crippen LogP contribution in [0.1, 0.15) is 37.0 Å². The van der Waals surface area contributed by atoms with E-state index in [2.05, 4.69) is 56.4 Å². The van der Waals surface area contributed by atoms with E-state index in [4.69, 9.17) is 4.42 Å². The number of aryl methyl sites for hydroxylation is 1. The molecule has 3 aromatic rings. The number of hydrogen-bond acceptors (Lipinski definition) is 4. The number of hydrogen-bond donors (Lipinski definition) is 2. The van der Waals surface area contributed by atoms with Gasteiger partial charge in [-0.1, -0.05) is 37.3 Å². The third-order valence-electron chi connectivity index (χ3n) is 4.28. The van der Waals surface area contributed by atoms with Crippen LogP contribution >= 0.6 is 24.0 Å². The molecule has 0 radical (unpaired) electrons. The lowest BCUT2D eigenvalue weighted by molar-refractivity contribution is 0.511. The zero-order valence-corrected chi connectivity index (χ0v) is 18.5. The first-order valence-electron chi connectivity index (χ1n) is 9.25. The van der Waals surface area contributed by atoms with Crippen molar-refractivity contribution in [1.29, 1.82) is 0 Å². The minimum Gasteiger partial charge on any atom is -0.467 e. The summed E-state index contributed by atoms with van der Waals surface area (Å²) in [4.78, 5) is 4.65. The lowest BCUT2D eigenvalue weighted by Gasteiger charge is -2.19. The molecule has 0 aliphatic carbocycles. The summed E-state index contributed by atoms with van der Waals surface area (Å²) in [6.45, 7) is 6.17. The average Bonchev–Trinajstić information content (AvgIpc) is 3.38. The molecule has 7 nitrogen and oxygen atoms in total. The predicted octanol–water partition coefficient (Wildman–Crippen LogP) is 3.55. The number of nitrogens with zero attached hydrogens (tertiary/aromatic N) is 4.